The van der Waals surface area contributed by atoms with Crippen molar-refractivity contribution in [2.75, 3.05) is 0 Å². The molecule has 0 N–H and O–H groups in total. The number of carbonyl (C=O) groups excluding carboxylic acids is 1. The molecule has 0 aromatic rings. The fourth-order valence-electron chi connectivity index (χ4n) is 0. The van der Waals surface area contributed by atoms with E-state index in [1.165, 1.54) is 0 Å². The Labute approximate surface area is 214 Å². The molecule has 0 bridgehead atoms. The summed E-state index contributed by atoms with van der Waals surface area (Å²) in [5.74, 6) is 0. The molecule has 6 heavy (non-hydrogen) atoms. The molecule has 0 aliphatic heterocycles. The Kier molecular flexibility index (Phi) is 84.4. The SMILES string of the molecule is O=C[O-].[Cs+].[Cs+].[Cs+]. The van der Waals surface area contributed by atoms with E-state index >= 15 is 0 Å². The quantitative estimate of drug-likeness (QED) is 0.349. The molecule has 0 atom stereocenters. The van der Waals surface area contributed by atoms with Gasteiger partial charge in [0.1, 0.15) is 0 Å². The second-order valence-electron chi connectivity index (χ2n) is 0.0962. The van der Waals surface area contributed by atoms with E-state index in [9.17, 15) is 0 Å². The molecule has 0 aromatic carbocycles. The average Bonchev–Trinajstić information content (AvgIpc) is 0.918. The second-order valence-corrected chi connectivity index (χ2v) is 0.0962. The third-order valence-corrected chi connectivity index (χ3v) is 0. The molecule has 2 nitrogen and oxygen atoms in total. The van der Waals surface area contributed by atoms with Crippen molar-refractivity contribution in [3.8, 4) is 0 Å². The van der Waals surface area contributed by atoms with Crippen molar-refractivity contribution in [2.45, 2.75) is 0 Å². The number of carboxylic acid groups (broad SMARTS) is 1. The molecule has 0 aromatic heterocycles. The maximum atomic E-state index is 8.25. The van der Waals surface area contributed by atoms with E-state index in [0.717, 1.165) is 0 Å². The molecular formula is CHCs3O2+2. The van der Waals surface area contributed by atoms with Crippen molar-refractivity contribution < 1.29 is 217 Å². The summed E-state index contributed by atoms with van der Waals surface area (Å²) >= 11 is 0. The summed E-state index contributed by atoms with van der Waals surface area (Å²) in [5, 5.41) is 8.25. The number of carbonyl (C=O) groups is 1. The maximum Gasteiger partial charge on any atom is 1.00 e. The standard InChI is InChI=1S/CH2O2.3Cs/c2-1-3;;;/h1H,(H,2,3);;;/q;3*+1/p-1. The minimum atomic E-state index is -0.500. The van der Waals surface area contributed by atoms with E-state index < -0.39 is 6.47 Å². The smallest absolute Gasteiger partial charge is 0.554 e. The summed E-state index contributed by atoms with van der Waals surface area (Å²) in [6.07, 6.45) is 0. The van der Waals surface area contributed by atoms with Gasteiger partial charge in [-0.25, -0.2) is 0 Å². The van der Waals surface area contributed by atoms with Crippen molar-refractivity contribution in [3.63, 3.8) is 0 Å². The van der Waals surface area contributed by atoms with E-state index in [1.807, 2.05) is 0 Å². The predicted octanol–water partition coefficient (Wildman–Crippen LogP) is -10.6. The van der Waals surface area contributed by atoms with Crippen LogP contribution in [0, 0.1) is 0 Å². The average molecular weight is 444 g/mol. The van der Waals surface area contributed by atoms with Gasteiger partial charge in [-0.2, -0.15) is 0 Å². The first kappa shape index (κ1) is 22.6. The Morgan fingerprint density at radius 2 is 1.17 bits per heavy atom. The number of rotatable bonds is 0. The van der Waals surface area contributed by atoms with Gasteiger partial charge in [0.05, 0.1) is 0 Å². The minimum absolute atomic E-state index is 0. The van der Waals surface area contributed by atoms with Crippen LogP contribution >= 0.6 is 0 Å². The monoisotopic (exact) mass is 444 g/mol. The van der Waals surface area contributed by atoms with Crippen LogP contribution in [-0.2, 0) is 4.79 Å². The van der Waals surface area contributed by atoms with Gasteiger partial charge in [0, 0.05) is 6.47 Å². The van der Waals surface area contributed by atoms with Crippen LogP contribution < -0.4 is 212 Å². The molecule has 5 heteroatoms. The van der Waals surface area contributed by atoms with Crippen molar-refractivity contribution in [3.05, 3.63) is 0 Å². The third kappa shape index (κ3) is 22.6. The zero-order valence-corrected chi connectivity index (χ0v) is 23.2. The summed E-state index contributed by atoms with van der Waals surface area (Å²) in [6, 6.07) is 0. The largest absolute Gasteiger partial charge is 1.00 e. The van der Waals surface area contributed by atoms with Crippen molar-refractivity contribution in [2.24, 2.45) is 0 Å². The van der Waals surface area contributed by atoms with Crippen LogP contribution in [0.25, 0.3) is 0 Å². The topological polar surface area (TPSA) is 40.1 Å². The Morgan fingerprint density at radius 1 is 1.17 bits per heavy atom. The van der Waals surface area contributed by atoms with Crippen molar-refractivity contribution in [1.82, 2.24) is 0 Å². The van der Waals surface area contributed by atoms with Gasteiger partial charge in [-0.3, -0.25) is 0 Å². The van der Waals surface area contributed by atoms with Gasteiger partial charge < -0.3 is 9.90 Å². The predicted molar refractivity (Wildman–Crippen MR) is 6.06 cm³/mol. The molecule has 0 aliphatic carbocycles. The van der Waals surface area contributed by atoms with E-state index in [0.29, 0.717) is 0 Å². The second kappa shape index (κ2) is 22.4. The fraction of sp³-hybridized carbons (Fsp3) is 0. The Balaban J connectivity index is -0.00000000667. The van der Waals surface area contributed by atoms with Crippen LogP contribution in [-0.4, -0.2) is 6.47 Å². The summed E-state index contributed by atoms with van der Waals surface area (Å²) < 4.78 is 0. The maximum absolute atomic E-state index is 8.25. The molecule has 0 saturated heterocycles. The normalized spacial score (nSPS) is 2.00. The van der Waals surface area contributed by atoms with Crippen LogP contribution in [0.4, 0.5) is 0 Å². The third-order valence-electron chi connectivity index (χ3n) is 0. The zero-order valence-electron chi connectivity index (χ0n) is 4.39. The summed E-state index contributed by atoms with van der Waals surface area (Å²) in [4.78, 5) is 8.25. The van der Waals surface area contributed by atoms with Gasteiger partial charge in [-0.15, -0.1) is 0 Å². The summed E-state index contributed by atoms with van der Waals surface area (Å²) in [7, 11) is 0. The molecule has 0 saturated carbocycles. The molecule has 0 unspecified atom stereocenters. The van der Waals surface area contributed by atoms with Gasteiger partial charge in [0.15, 0.2) is 0 Å². The molecule has 18 valence electrons. The Morgan fingerprint density at radius 3 is 1.17 bits per heavy atom. The van der Waals surface area contributed by atoms with Gasteiger partial charge in [0.25, 0.3) is 0 Å². The summed E-state index contributed by atoms with van der Waals surface area (Å²) in [6.45, 7) is -0.500. The van der Waals surface area contributed by atoms with Gasteiger partial charge in [0.2, 0.25) is 0 Å². The van der Waals surface area contributed by atoms with Crippen LogP contribution in [0.2, 0.25) is 0 Å². The van der Waals surface area contributed by atoms with Crippen molar-refractivity contribution in [1.29, 1.82) is 0 Å². The van der Waals surface area contributed by atoms with Crippen LogP contribution in [0.1, 0.15) is 0 Å². The molecule has 0 aliphatic rings. The van der Waals surface area contributed by atoms with Crippen LogP contribution in [0.3, 0.4) is 0 Å². The van der Waals surface area contributed by atoms with Gasteiger partial charge in [-0.05, 0) is 0 Å². The summed E-state index contributed by atoms with van der Waals surface area (Å²) in [5.41, 5.74) is 0. The van der Waals surface area contributed by atoms with Crippen LogP contribution in [0.15, 0.2) is 0 Å². The van der Waals surface area contributed by atoms with Gasteiger partial charge >= 0.3 is 207 Å². The first-order valence-corrected chi connectivity index (χ1v) is 0.471. The molecule has 0 spiro atoms. The van der Waals surface area contributed by atoms with E-state index in [4.69, 9.17) is 9.90 Å². The molecule has 0 fully saturated rings. The van der Waals surface area contributed by atoms with E-state index in [1.54, 1.807) is 0 Å². The van der Waals surface area contributed by atoms with Crippen molar-refractivity contribution >= 4 is 6.47 Å². The first-order valence-electron chi connectivity index (χ1n) is 0.471. The fourth-order valence-corrected chi connectivity index (χ4v) is 0. The molecular weight excluding hydrogens is 443 g/mol. The number of hydrogen-bond donors (Lipinski definition) is 0. The van der Waals surface area contributed by atoms with Gasteiger partial charge in [-0.1, -0.05) is 0 Å². The van der Waals surface area contributed by atoms with Crippen LogP contribution in [0.5, 0.6) is 0 Å². The minimum Gasteiger partial charge on any atom is -0.554 e. The molecule has 0 amide bonds. The van der Waals surface area contributed by atoms with E-state index in [2.05, 4.69) is 0 Å². The zero-order chi connectivity index (χ0) is 2.71. The number of hydrogen-bond acceptors (Lipinski definition) is 2. The first-order chi connectivity index (χ1) is 1.41. The van der Waals surface area contributed by atoms with E-state index in [-0.39, 0.29) is 207 Å². The molecule has 0 heterocycles. The Hall–Kier alpha value is 5.63. The molecule has 0 radical (unpaired) electrons. The molecule has 0 rings (SSSR count). The Bertz CT molecular complexity index is 16.3.